The Morgan fingerprint density at radius 3 is 2.36 bits per heavy atom. The van der Waals surface area contributed by atoms with Gasteiger partial charge in [-0.2, -0.15) is 0 Å². The van der Waals surface area contributed by atoms with Crippen LogP contribution in [0.15, 0.2) is 53.5 Å². The molecular weight excluding hydrogens is 306 g/mol. The van der Waals surface area contributed by atoms with Crippen molar-refractivity contribution in [3.05, 3.63) is 65.2 Å². The number of unbranched alkanes of at least 4 members (excludes halogenated alkanes) is 3. The molecule has 0 fully saturated rings. The molecule has 134 valence electrons. The summed E-state index contributed by atoms with van der Waals surface area (Å²) >= 11 is 0. The number of aliphatic imine (C=N–C) groups is 1. The third kappa shape index (κ3) is 6.04. The molecule has 0 amide bonds. The van der Waals surface area contributed by atoms with Crippen molar-refractivity contribution >= 4 is 6.21 Å². The topological polar surface area (TPSA) is 21.6 Å². The van der Waals surface area contributed by atoms with E-state index < -0.39 is 0 Å². The van der Waals surface area contributed by atoms with E-state index in [2.05, 4.69) is 69.1 Å². The van der Waals surface area contributed by atoms with Crippen molar-refractivity contribution in [3.8, 4) is 5.75 Å². The predicted octanol–water partition coefficient (Wildman–Crippen LogP) is 6.31. The van der Waals surface area contributed by atoms with Crippen molar-refractivity contribution < 1.29 is 4.74 Å². The molecule has 2 aromatic carbocycles. The van der Waals surface area contributed by atoms with Gasteiger partial charge in [0.1, 0.15) is 11.4 Å². The fraction of sp³-hybridized carbons (Fsp3) is 0.435. The van der Waals surface area contributed by atoms with E-state index in [-0.39, 0.29) is 5.60 Å². The summed E-state index contributed by atoms with van der Waals surface area (Å²) in [6.07, 6.45) is 6.98. The molecule has 0 heterocycles. The van der Waals surface area contributed by atoms with Gasteiger partial charge in [0.05, 0.1) is 0 Å². The van der Waals surface area contributed by atoms with Gasteiger partial charge in [-0.3, -0.25) is 4.99 Å². The Kier molecular flexibility index (Phi) is 7.24. The largest absolute Gasteiger partial charge is 0.483 e. The number of nitrogens with zero attached hydrogens (tertiary/aromatic N) is 1. The summed E-state index contributed by atoms with van der Waals surface area (Å²) in [6, 6.07) is 16.6. The van der Waals surface area contributed by atoms with Crippen molar-refractivity contribution in [1.29, 1.82) is 0 Å². The maximum Gasteiger partial charge on any atom is 0.129 e. The van der Waals surface area contributed by atoms with E-state index in [9.17, 15) is 0 Å². The number of hydrogen-bond acceptors (Lipinski definition) is 2. The molecule has 0 spiro atoms. The first-order valence-corrected chi connectivity index (χ1v) is 9.38. The van der Waals surface area contributed by atoms with Gasteiger partial charge in [0, 0.05) is 12.8 Å². The SMILES string of the molecule is CCCCCCN=Cc1ccc(OC(C)(C)c2ccccc2C)cc1. The molecule has 0 aromatic heterocycles. The van der Waals surface area contributed by atoms with E-state index in [1.807, 2.05) is 18.3 Å². The molecule has 0 bridgehead atoms. The van der Waals surface area contributed by atoms with Crippen molar-refractivity contribution in [2.75, 3.05) is 6.54 Å². The zero-order valence-corrected chi connectivity index (χ0v) is 16.1. The summed E-state index contributed by atoms with van der Waals surface area (Å²) in [7, 11) is 0. The minimum Gasteiger partial charge on any atom is -0.483 e. The van der Waals surface area contributed by atoms with Gasteiger partial charge in [0.2, 0.25) is 0 Å². The fourth-order valence-corrected chi connectivity index (χ4v) is 3.02. The lowest BCUT2D eigenvalue weighted by Gasteiger charge is -2.28. The minimum atomic E-state index is -0.361. The molecule has 2 heteroatoms. The lowest BCUT2D eigenvalue weighted by Crippen LogP contribution is -2.26. The highest BCUT2D eigenvalue weighted by Gasteiger charge is 2.24. The number of rotatable bonds is 9. The molecule has 0 N–H and O–H groups in total. The van der Waals surface area contributed by atoms with Crippen LogP contribution in [0.3, 0.4) is 0 Å². The first-order valence-electron chi connectivity index (χ1n) is 9.38. The van der Waals surface area contributed by atoms with E-state index in [0.717, 1.165) is 17.9 Å². The van der Waals surface area contributed by atoms with Gasteiger partial charge >= 0.3 is 0 Å². The molecular formula is C23H31NO. The van der Waals surface area contributed by atoms with Gasteiger partial charge in [0.25, 0.3) is 0 Å². The van der Waals surface area contributed by atoms with Crippen LogP contribution in [0.2, 0.25) is 0 Å². The van der Waals surface area contributed by atoms with E-state index in [4.69, 9.17) is 4.74 Å². The molecule has 0 atom stereocenters. The van der Waals surface area contributed by atoms with Crippen molar-refractivity contribution in [2.24, 2.45) is 4.99 Å². The van der Waals surface area contributed by atoms with E-state index in [1.165, 1.54) is 36.8 Å². The zero-order valence-electron chi connectivity index (χ0n) is 16.1. The van der Waals surface area contributed by atoms with Crippen LogP contribution in [-0.4, -0.2) is 12.8 Å². The molecule has 0 saturated heterocycles. The summed E-state index contributed by atoms with van der Waals surface area (Å²) in [4.78, 5) is 4.51. The number of ether oxygens (including phenoxy) is 1. The smallest absolute Gasteiger partial charge is 0.129 e. The number of hydrogen-bond donors (Lipinski definition) is 0. The lowest BCUT2D eigenvalue weighted by atomic mass is 9.93. The normalized spacial score (nSPS) is 11.8. The zero-order chi connectivity index (χ0) is 18.1. The second kappa shape index (κ2) is 9.41. The third-order valence-corrected chi connectivity index (χ3v) is 4.43. The van der Waals surface area contributed by atoms with Crippen molar-refractivity contribution in [3.63, 3.8) is 0 Å². The summed E-state index contributed by atoms with van der Waals surface area (Å²) in [5.41, 5.74) is 3.23. The summed E-state index contributed by atoms with van der Waals surface area (Å²) in [6.45, 7) is 9.49. The number of aryl methyl sites for hydroxylation is 1. The Morgan fingerprint density at radius 1 is 0.960 bits per heavy atom. The maximum absolute atomic E-state index is 6.25. The molecule has 0 aliphatic heterocycles. The summed E-state index contributed by atoms with van der Waals surface area (Å²) in [5, 5.41) is 0. The van der Waals surface area contributed by atoms with Crippen LogP contribution in [0, 0.1) is 6.92 Å². The summed E-state index contributed by atoms with van der Waals surface area (Å²) < 4.78 is 6.25. The predicted molar refractivity (Wildman–Crippen MR) is 108 cm³/mol. The van der Waals surface area contributed by atoms with Crippen molar-refractivity contribution in [2.45, 2.75) is 59.0 Å². The second-order valence-electron chi connectivity index (χ2n) is 7.09. The second-order valence-corrected chi connectivity index (χ2v) is 7.09. The molecule has 0 radical (unpaired) electrons. The lowest BCUT2D eigenvalue weighted by molar-refractivity contribution is 0.108. The fourth-order valence-electron chi connectivity index (χ4n) is 3.02. The number of benzene rings is 2. The molecule has 0 aliphatic carbocycles. The van der Waals surface area contributed by atoms with Crippen LogP contribution in [0.5, 0.6) is 5.75 Å². The van der Waals surface area contributed by atoms with Gasteiger partial charge in [-0.15, -0.1) is 0 Å². The van der Waals surface area contributed by atoms with E-state index in [1.54, 1.807) is 0 Å². The van der Waals surface area contributed by atoms with Crippen LogP contribution >= 0.6 is 0 Å². The van der Waals surface area contributed by atoms with Gasteiger partial charge in [0.15, 0.2) is 0 Å². The maximum atomic E-state index is 6.25. The summed E-state index contributed by atoms with van der Waals surface area (Å²) in [5.74, 6) is 0.883. The molecule has 2 aromatic rings. The van der Waals surface area contributed by atoms with Gasteiger partial charge in [-0.1, -0.05) is 50.5 Å². The average molecular weight is 338 g/mol. The standard InChI is InChI=1S/C23H31NO/c1-5-6-7-10-17-24-18-20-13-15-21(16-14-20)25-23(3,4)22-12-9-8-11-19(22)2/h8-9,11-16,18H,5-7,10,17H2,1-4H3. The Balaban J connectivity index is 1.93. The van der Waals surface area contributed by atoms with Gasteiger partial charge < -0.3 is 4.74 Å². The first kappa shape index (κ1) is 19.2. The van der Waals surface area contributed by atoms with Crippen LogP contribution in [0.1, 0.15) is 63.1 Å². The highest BCUT2D eigenvalue weighted by atomic mass is 16.5. The highest BCUT2D eigenvalue weighted by molar-refractivity contribution is 5.79. The Hall–Kier alpha value is -2.09. The molecule has 2 rings (SSSR count). The quantitative estimate of drug-likeness (QED) is 0.388. The molecule has 0 unspecified atom stereocenters. The van der Waals surface area contributed by atoms with Crippen LogP contribution < -0.4 is 4.74 Å². The Labute approximate surface area is 153 Å². The van der Waals surface area contributed by atoms with Gasteiger partial charge in [-0.25, -0.2) is 0 Å². The molecule has 0 aliphatic rings. The monoisotopic (exact) mass is 337 g/mol. The third-order valence-electron chi connectivity index (χ3n) is 4.43. The van der Waals surface area contributed by atoms with Crippen LogP contribution in [0.25, 0.3) is 0 Å². The first-order chi connectivity index (χ1) is 12.0. The molecule has 2 nitrogen and oxygen atoms in total. The Bertz CT molecular complexity index is 671. The minimum absolute atomic E-state index is 0.361. The molecule has 25 heavy (non-hydrogen) atoms. The molecule has 0 saturated carbocycles. The van der Waals surface area contributed by atoms with Crippen LogP contribution in [-0.2, 0) is 5.60 Å². The van der Waals surface area contributed by atoms with E-state index in [0.29, 0.717) is 0 Å². The van der Waals surface area contributed by atoms with Gasteiger partial charge in [-0.05, 0) is 68.1 Å². The van der Waals surface area contributed by atoms with Crippen molar-refractivity contribution in [1.82, 2.24) is 0 Å². The van der Waals surface area contributed by atoms with E-state index >= 15 is 0 Å². The Morgan fingerprint density at radius 2 is 1.68 bits per heavy atom. The average Bonchev–Trinajstić information content (AvgIpc) is 2.59. The van der Waals surface area contributed by atoms with Crippen LogP contribution in [0.4, 0.5) is 0 Å². The highest BCUT2D eigenvalue weighted by Crippen LogP contribution is 2.29.